The average molecular weight is 294 g/mol. The molecule has 0 aliphatic heterocycles. The number of hydrogen-bond acceptors (Lipinski definition) is 1. The molecule has 21 heavy (non-hydrogen) atoms. The van der Waals surface area contributed by atoms with Crippen molar-refractivity contribution in [2.45, 2.75) is 63.4 Å². The SMILES string of the molecule is OC1CCC(C2CCC(c3ccc(F)c(F)c3)CC2)CC1. The van der Waals surface area contributed by atoms with Crippen LogP contribution < -0.4 is 0 Å². The van der Waals surface area contributed by atoms with E-state index >= 15 is 0 Å². The summed E-state index contributed by atoms with van der Waals surface area (Å²) >= 11 is 0. The lowest BCUT2D eigenvalue weighted by molar-refractivity contribution is 0.0805. The molecule has 2 aliphatic rings. The van der Waals surface area contributed by atoms with E-state index in [1.807, 2.05) is 0 Å². The average Bonchev–Trinajstić information content (AvgIpc) is 2.51. The van der Waals surface area contributed by atoms with Gasteiger partial charge in [-0.1, -0.05) is 6.07 Å². The Bertz CT molecular complexity index is 472. The fraction of sp³-hybridized carbons (Fsp3) is 0.667. The van der Waals surface area contributed by atoms with Crippen LogP contribution in [0, 0.1) is 23.5 Å². The lowest BCUT2D eigenvalue weighted by Gasteiger charge is -2.37. The normalized spacial score (nSPS) is 33.9. The highest BCUT2D eigenvalue weighted by Gasteiger charge is 2.30. The van der Waals surface area contributed by atoms with Crippen molar-refractivity contribution in [1.82, 2.24) is 0 Å². The molecule has 0 aromatic heterocycles. The zero-order chi connectivity index (χ0) is 14.8. The van der Waals surface area contributed by atoms with Crippen LogP contribution in [0.15, 0.2) is 18.2 Å². The van der Waals surface area contributed by atoms with Gasteiger partial charge in [0.25, 0.3) is 0 Å². The summed E-state index contributed by atoms with van der Waals surface area (Å²) in [7, 11) is 0. The highest BCUT2D eigenvalue weighted by atomic mass is 19.2. The Kier molecular flexibility index (Phi) is 4.58. The van der Waals surface area contributed by atoms with Gasteiger partial charge in [0.2, 0.25) is 0 Å². The number of aliphatic hydroxyl groups is 1. The Labute approximate surface area is 125 Å². The summed E-state index contributed by atoms with van der Waals surface area (Å²) in [6, 6.07) is 4.36. The molecule has 2 fully saturated rings. The highest BCUT2D eigenvalue weighted by Crippen LogP contribution is 2.43. The van der Waals surface area contributed by atoms with E-state index in [-0.39, 0.29) is 6.10 Å². The Balaban J connectivity index is 1.56. The van der Waals surface area contributed by atoms with Gasteiger partial charge in [-0.2, -0.15) is 0 Å². The maximum atomic E-state index is 13.3. The molecule has 2 aliphatic carbocycles. The molecule has 1 aromatic carbocycles. The summed E-state index contributed by atoms with van der Waals surface area (Å²) in [6.07, 6.45) is 8.66. The van der Waals surface area contributed by atoms with Crippen molar-refractivity contribution in [3.8, 4) is 0 Å². The van der Waals surface area contributed by atoms with E-state index in [0.29, 0.717) is 5.92 Å². The number of hydrogen-bond donors (Lipinski definition) is 1. The molecule has 3 rings (SSSR count). The van der Waals surface area contributed by atoms with Crippen molar-refractivity contribution >= 4 is 0 Å². The van der Waals surface area contributed by atoms with E-state index in [9.17, 15) is 13.9 Å². The smallest absolute Gasteiger partial charge is 0.159 e. The molecule has 0 unspecified atom stereocenters. The van der Waals surface area contributed by atoms with E-state index in [4.69, 9.17) is 0 Å². The first-order valence-corrected chi connectivity index (χ1v) is 8.26. The van der Waals surface area contributed by atoms with Crippen LogP contribution in [-0.2, 0) is 0 Å². The van der Waals surface area contributed by atoms with Crippen LogP contribution in [0.1, 0.15) is 62.8 Å². The lowest BCUT2D eigenvalue weighted by Crippen LogP contribution is -2.27. The second-order valence-corrected chi connectivity index (χ2v) is 6.85. The van der Waals surface area contributed by atoms with Crippen LogP contribution in [-0.4, -0.2) is 11.2 Å². The molecule has 116 valence electrons. The fourth-order valence-electron chi connectivity index (χ4n) is 4.26. The standard InChI is InChI=1S/C18H24F2O/c19-17-10-7-15(11-18(17)20)14-3-1-12(2-4-14)13-5-8-16(21)9-6-13/h7,10-14,16,21H,1-6,8-9H2. The van der Waals surface area contributed by atoms with Crippen molar-refractivity contribution in [1.29, 1.82) is 0 Å². The van der Waals surface area contributed by atoms with Crippen molar-refractivity contribution in [2.24, 2.45) is 11.8 Å². The highest BCUT2D eigenvalue weighted by molar-refractivity contribution is 5.22. The summed E-state index contributed by atoms with van der Waals surface area (Å²) in [4.78, 5) is 0. The molecule has 0 amide bonds. The maximum absolute atomic E-state index is 13.3. The monoisotopic (exact) mass is 294 g/mol. The minimum atomic E-state index is -0.756. The zero-order valence-electron chi connectivity index (χ0n) is 12.4. The van der Waals surface area contributed by atoms with E-state index < -0.39 is 11.6 Å². The van der Waals surface area contributed by atoms with Crippen LogP contribution in [0.3, 0.4) is 0 Å². The first kappa shape index (κ1) is 15.0. The fourth-order valence-corrected chi connectivity index (χ4v) is 4.26. The molecule has 0 saturated heterocycles. The van der Waals surface area contributed by atoms with Gasteiger partial charge in [0.1, 0.15) is 0 Å². The first-order valence-electron chi connectivity index (χ1n) is 8.26. The van der Waals surface area contributed by atoms with Crippen LogP contribution in [0.25, 0.3) is 0 Å². The Morgan fingerprint density at radius 2 is 1.33 bits per heavy atom. The van der Waals surface area contributed by atoms with Gasteiger partial charge in [0, 0.05) is 0 Å². The van der Waals surface area contributed by atoms with Crippen LogP contribution in [0.4, 0.5) is 8.78 Å². The van der Waals surface area contributed by atoms with Crippen molar-refractivity contribution in [2.75, 3.05) is 0 Å². The quantitative estimate of drug-likeness (QED) is 0.831. The largest absolute Gasteiger partial charge is 0.393 e. The third kappa shape index (κ3) is 3.45. The van der Waals surface area contributed by atoms with E-state index in [0.717, 1.165) is 55.9 Å². The summed E-state index contributed by atoms with van der Waals surface area (Å²) in [5.74, 6) is 0.424. The van der Waals surface area contributed by atoms with E-state index in [2.05, 4.69) is 0 Å². The minimum Gasteiger partial charge on any atom is -0.393 e. The molecule has 0 bridgehead atoms. The molecule has 0 radical (unpaired) electrons. The van der Waals surface area contributed by atoms with Gasteiger partial charge in [0.15, 0.2) is 11.6 Å². The van der Waals surface area contributed by atoms with E-state index in [1.54, 1.807) is 6.07 Å². The number of benzene rings is 1. The molecule has 1 aromatic rings. The molecule has 0 atom stereocenters. The Morgan fingerprint density at radius 1 is 0.762 bits per heavy atom. The minimum absolute atomic E-state index is 0.0835. The van der Waals surface area contributed by atoms with Gasteiger partial charge < -0.3 is 5.11 Å². The molecule has 3 heteroatoms. The topological polar surface area (TPSA) is 20.2 Å². The number of halogens is 2. The molecular weight excluding hydrogens is 270 g/mol. The summed E-state index contributed by atoms with van der Waals surface area (Å²) in [5.41, 5.74) is 0.950. The van der Waals surface area contributed by atoms with Gasteiger partial charge in [-0.05, 0) is 86.8 Å². The number of rotatable bonds is 2. The second kappa shape index (κ2) is 6.43. The predicted molar refractivity (Wildman–Crippen MR) is 79.0 cm³/mol. The molecule has 1 N–H and O–H groups in total. The lowest BCUT2D eigenvalue weighted by atomic mass is 9.69. The second-order valence-electron chi connectivity index (χ2n) is 6.85. The summed E-state index contributed by atoms with van der Waals surface area (Å²) in [5, 5.41) is 9.60. The van der Waals surface area contributed by atoms with Crippen LogP contribution in [0.5, 0.6) is 0 Å². The predicted octanol–water partition coefficient (Wildman–Crippen LogP) is 4.79. The van der Waals surface area contributed by atoms with Gasteiger partial charge >= 0.3 is 0 Å². The molecule has 1 nitrogen and oxygen atoms in total. The van der Waals surface area contributed by atoms with E-state index in [1.165, 1.54) is 25.0 Å². The molecule has 0 spiro atoms. The van der Waals surface area contributed by atoms with Crippen molar-refractivity contribution in [3.05, 3.63) is 35.4 Å². The van der Waals surface area contributed by atoms with Gasteiger partial charge in [-0.15, -0.1) is 0 Å². The van der Waals surface area contributed by atoms with Crippen molar-refractivity contribution < 1.29 is 13.9 Å². The third-order valence-corrected chi connectivity index (χ3v) is 5.59. The van der Waals surface area contributed by atoms with Crippen LogP contribution in [0.2, 0.25) is 0 Å². The molecule has 2 saturated carbocycles. The Hall–Kier alpha value is -0.960. The Morgan fingerprint density at radius 3 is 1.90 bits per heavy atom. The van der Waals surface area contributed by atoms with Gasteiger partial charge in [-0.25, -0.2) is 8.78 Å². The van der Waals surface area contributed by atoms with Gasteiger partial charge in [0.05, 0.1) is 6.10 Å². The number of aliphatic hydroxyl groups excluding tert-OH is 1. The third-order valence-electron chi connectivity index (χ3n) is 5.59. The molecule has 0 heterocycles. The molecular formula is C18H24F2O. The first-order chi connectivity index (χ1) is 10.1. The van der Waals surface area contributed by atoms with Crippen LogP contribution >= 0.6 is 0 Å². The summed E-state index contributed by atoms with van der Waals surface area (Å²) < 4.78 is 26.3. The zero-order valence-corrected chi connectivity index (χ0v) is 12.4. The van der Waals surface area contributed by atoms with Gasteiger partial charge in [-0.3, -0.25) is 0 Å². The summed E-state index contributed by atoms with van der Waals surface area (Å²) in [6.45, 7) is 0. The maximum Gasteiger partial charge on any atom is 0.159 e. The van der Waals surface area contributed by atoms with Crippen molar-refractivity contribution in [3.63, 3.8) is 0 Å².